The quantitative estimate of drug-likeness (QED) is 0.675. The topological polar surface area (TPSA) is 84.2 Å². The summed E-state index contributed by atoms with van der Waals surface area (Å²) in [6.07, 6.45) is 1.44. The lowest BCUT2D eigenvalue weighted by Crippen LogP contribution is -2.47. The Bertz CT molecular complexity index is 363. The highest BCUT2D eigenvalue weighted by atomic mass is 16.5. The normalized spacial score (nSPS) is 21.7. The maximum absolute atomic E-state index is 12.0. The number of nitrogen functional groups attached to an aromatic ring is 1. The third-order valence-corrected chi connectivity index (χ3v) is 2.51. The lowest BCUT2D eigenvalue weighted by atomic mass is 10.2. The van der Waals surface area contributed by atoms with Crippen molar-refractivity contribution in [1.29, 1.82) is 0 Å². The summed E-state index contributed by atoms with van der Waals surface area (Å²) in [5.41, 5.74) is 6.37. The van der Waals surface area contributed by atoms with Gasteiger partial charge in [0.15, 0.2) is 0 Å². The van der Waals surface area contributed by atoms with E-state index < -0.39 is 0 Å². The Morgan fingerprint density at radius 1 is 1.80 bits per heavy atom. The maximum Gasteiger partial charge on any atom is 0.274 e. The third-order valence-electron chi connectivity index (χ3n) is 2.51. The standard InChI is InChI=1S/C9H14N4O2/c1-6-5-15-3-2-13(6)9(14)8-7(10)4-11-12-8/h4,6H,2-3,5,10H2,1H3,(H,11,12). The summed E-state index contributed by atoms with van der Waals surface area (Å²) in [5.74, 6) is -0.110. The number of carbonyl (C=O) groups is 1. The van der Waals surface area contributed by atoms with Gasteiger partial charge in [-0.2, -0.15) is 5.10 Å². The Balaban J connectivity index is 2.17. The first-order chi connectivity index (χ1) is 7.20. The van der Waals surface area contributed by atoms with Crippen molar-refractivity contribution in [3.63, 3.8) is 0 Å². The Labute approximate surface area is 87.4 Å². The van der Waals surface area contributed by atoms with Gasteiger partial charge >= 0.3 is 0 Å². The predicted octanol–water partition coefficient (Wildman–Crippen LogP) is -0.147. The number of aromatic nitrogens is 2. The Kier molecular flexibility index (Phi) is 2.59. The van der Waals surface area contributed by atoms with E-state index in [2.05, 4.69) is 10.2 Å². The van der Waals surface area contributed by atoms with Crippen LogP contribution in [-0.2, 0) is 4.74 Å². The van der Waals surface area contributed by atoms with Crippen LogP contribution in [0.5, 0.6) is 0 Å². The molecule has 1 unspecified atom stereocenters. The van der Waals surface area contributed by atoms with Gasteiger partial charge in [-0.15, -0.1) is 0 Å². The molecule has 0 aliphatic carbocycles. The summed E-state index contributed by atoms with van der Waals surface area (Å²) in [6, 6.07) is 0.0777. The first kappa shape index (κ1) is 9.97. The van der Waals surface area contributed by atoms with Crippen molar-refractivity contribution in [2.24, 2.45) is 0 Å². The first-order valence-corrected chi connectivity index (χ1v) is 4.87. The molecule has 0 saturated carbocycles. The van der Waals surface area contributed by atoms with E-state index in [4.69, 9.17) is 10.5 Å². The Hall–Kier alpha value is -1.56. The van der Waals surface area contributed by atoms with Gasteiger partial charge in [0, 0.05) is 6.54 Å². The van der Waals surface area contributed by atoms with Gasteiger partial charge in [0.2, 0.25) is 0 Å². The largest absolute Gasteiger partial charge is 0.396 e. The molecule has 1 aromatic heterocycles. The number of aromatic amines is 1. The summed E-state index contributed by atoms with van der Waals surface area (Å²) in [6.45, 7) is 3.69. The van der Waals surface area contributed by atoms with Crippen LogP contribution in [-0.4, -0.2) is 46.8 Å². The van der Waals surface area contributed by atoms with E-state index in [1.165, 1.54) is 6.20 Å². The SMILES string of the molecule is CC1COCCN1C(=O)c1[nH]ncc1N. The molecule has 1 saturated heterocycles. The van der Waals surface area contributed by atoms with Gasteiger partial charge < -0.3 is 15.4 Å². The van der Waals surface area contributed by atoms with Gasteiger partial charge in [-0.3, -0.25) is 9.89 Å². The molecule has 0 bridgehead atoms. The van der Waals surface area contributed by atoms with Gasteiger partial charge in [0.05, 0.1) is 31.1 Å². The van der Waals surface area contributed by atoms with Crippen LogP contribution in [0.3, 0.4) is 0 Å². The number of rotatable bonds is 1. The molecular formula is C9H14N4O2. The minimum atomic E-state index is -0.110. The van der Waals surface area contributed by atoms with Gasteiger partial charge in [-0.25, -0.2) is 0 Å². The molecule has 2 heterocycles. The van der Waals surface area contributed by atoms with Crippen molar-refractivity contribution < 1.29 is 9.53 Å². The molecule has 6 nitrogen and oxygen atoms in total. The average molecular weight is 210 g/mol. The second-order valence-electron chi connectivity index (χ2n) is 3.62. The van der Waals surface area contributed by atoms with E-state index in [0.29, 0.717) is 31.1 Å². The molecule has 1 aromatic rings. The Morgan fingerprint density at radius 2 is 2.60 bits per heavy atom. The van der Waals surface area contributed by atoms with E-state index in [1.54, 1.807) is 4.90 Å². The number of morpholine rings is 1. The maximum atomic E-state index is 12.0. The number of H-pyrrole nitrogens is 1. The summed E-state index contributed by atoms with van der Waals surface area (Å²) in [5, 5.41) is 6.35. The molecule has 1 atom stereocenters. The van der Waals surface area contributed by atoms with E-state index in [1.807, 2.05) is 6.92 Å². The van der Waals surface area contributed by atoms with Crippen LogP contribution in [0.15, 0.2) is 6.20 Å². The van der Waals surface area contributed by atoms with E-state index in [0.717, 1.165) is 0 Å². The van der Waals surface area contributed by atoms with Crippen LogP contribution in [0.1, 0.15) is 17.4 Å². The summed E-state index contributed by atoms with van der Waals surface area (Å²) >= 11 is 0. The molecule has 0 aromatic carbocycles. The molecule has 15 heavy (non-hydrogen) atoms. The lowest BCUT2D eigenvalue weighted by Gasteiger charge is -2.32. The van der Waals surface area contributed by atoms with E-state index in [-0.39, 0.29) is 11.9 Å². The van der Waals surface area contributed by atoms with Crippen LogP contribution >= 0.6 is 0 Å². The minimum absolute atomic E-state index is 0.0777. The molecular weight excluding hydrogens is 196 g/mol. The highest BCUT2D eigenvalue weighted by Gasteiger charge is 2.26. The molecule has 0 radical (unpaired) electrons. The minimum Gasteiger partial charge on any atom is -0.396 e. The zero-order chi connectivity index (χ0) is 10.8. The Morgan fingerprint density at radius 3 is 3.20 bits per heavy atom. The monoisotopic (exact) mass is 210 g/mol. The highest BCUT2D eigenvalue weighted by Crippen LogP contribution is 2.14. The average Bonchev–Trinajstić information content (AvgIpc) is 2.64. The number of hydrogen-bond donors (Lipinski definition) is 2. The number of carbonyl (C=O) groups excluding carboxylic acids is 1. The molecule has 2 rings (SSSR count). The van der Waals surface area contributed by atoms with Crippen LogP contribution in [0, 0.1) is 0 Å². The number of nitrogens with zero attached hydrogens (tertiary/aromatic N) is 2. The van der Waals surface area contributed by atoms with Crippen molar-refractivity contribution in [3.05, 3.63) is 11.9 Å². The molecule has 1 aliphatic rings. The van der Waals surface area contributed by atoms with Gasteiger partial charge in [-0.05, 0) is 6.92 Å². The number of nitrogens with one attached hydrogen (secondary N) is 1. The number of hydrogen-bond acceptors (Lipinski definition) is 4. The molecule has 1 amide bonds. The van der Waals surface area contributed by atoms with Gasteiger partial charge in [0.1, 0.15) is 5.69 Å². The van der Waals surface area contributed by atoms with Crippen LogP contribution in [0.25, 0.3) is 0 Å². The number of nitrogens with two attached hydrogens (primary N) is 1. The van der Waals surface area contributed by atoms with E-state index in [9.17, 15) is 4.79 Å². The molecule has 1 fully saturated rings. The number of ether oxygens (including phenoxy) is 1. The summed E-state index contributed by atoms with van der Waals surface area (Å²) < 4.78 is 5.26. The second kappa shape index (κ2) is 3.90. The second-order valence-corrected chi connectivity index (χ2v) is 3.62. The fourth-order valence-corrected chi connectivity index (χ4v) is 1.64. The molecule has 0 spiro atoms. The summed E-state index contributed by atoms with van der Waals surface area (Å²) in [4.78, 5) is 13.8. The molecule has 1 aliphatic heterocycles. The highest BCUT2D eigenvalue weighted by molar-refractivity contribution is 5.97. The van der Waals surface area contributed by atoms with Crippen molar-refractivity contribution in [3.8, 4) is 0 Å². The van der Waals surface area contributed by atoms with Crippen molar-refractivity contribution in [2.75, 3.05) is 25.5 Å². The van der Waals surface area contributed by atoms with Crippen LogP contribution in [0.2, 0.25) is 0 Å². The fourth-order valence-electron chi connectivity index (χ4n) is 1.64. The third kappa shape index (κ3) is 1.80. The zero-order valence-electron chi connectivity index (χ0n) is 8.56. The summed E-state index contributed by atoms with van der Waals surface area (Å²) in [7, 11) is 0. The lowest BCUT2D eigenvalue weighted by molar-refractivity contribution is 0.00333. The first-order valence-electron chi connectivity index (χ1n) is 4.87. The molecule has 6 heteroatoms. The van der Waals surface area contributed by atoms with Crippen LogP contribution < -0.4 is 5.73 Å². The van der Waals surface area contributed by atoms with E-state index >= 15 is 0 Å². The van der Waals surface area contributed by atoms with Crippen molar-refractivity contribution in [2.45, 2.75) is 13.0 Å². The zero-order valence-corrected chi connectivity index (χ0v) is 8.56. The number of anilines is 1. The van der Waals surface area contributed by atoms with Crippen LogP contribution in [0.4, 0.5) is 5.69 Å². The molecule has 3 N–H and O–H groups in total. The predicted molar refractivity (Wildman–Crippen MR) is 54.3 cm³/mol. The van der Waals surface area contributed by atoms with Crippen molar-refractivity contribution >= 4 is 11.6 Å². The van der Waals surface area contributed by atoms with Crippen molar-refractivity contribution in [1.82, 2.24) is 15.1 Å². The van der Waals surface area contributed by atoms with Gasteiger partial charge in [0.25, 0.3) is 5.91 Å². The van der Waals surface area contributed by atoms with Gasteiger partial charge in [-0.1, -0.05) is 0 Å². The molecule has 82 valence electrons. The smallest absolute Gasteiger partial charge is 0.274 e. The number of amides is 1. The fraction of sp³-hybridized carbons (Fsp3) is 0.556.